The Morgan fingerprint density at radius 2 is 2.00 bits per heavy atom. The molecule has 4 nitrogen and oxygen atoms in total. The predicted octanol–water partition coefficient (Wildman–Crippen LogP) is 2.42. The molecule has 5 heteroatoms. The molecule has 1 unspecified atom stereocenters. The van der Waals surface area contributed by atoms with Crippen LogP contribution in [-0.2, 0) is 0 Å². The molecule has 0 amide bonds. The van der Waals surface area contributed by atoms with E-state index in [1.807, 2.05) is 0 Å². The van der Waals surface area contributed by atoms with Gasteiger partial charge >= 0.3 is 0 Å². The molecule has 0 saturated heterocycles. The highest BCUT2D eigenvalue weighted by atomic mass is 79.9. The average Bonchev–Trinajstić information content (AvgIpc) is 2.29. The van der Waals surface area contributed by atoms with E-state index in [9.17, 15) is 5.11 Å². The average molecular weight is 286 g/mol. The normalized spacial score (nSPS) is 11.7. The molecular weight excluding hydrogens is 274 g/mol. The number of rotatable bonds is 4. The zero-order valence-corrected chi connectivity index (χ0v) is 10.6. The summed E-state index contributed by atoms with van der Waals surface area (Å²) >= 11 is 3.32. The lowest BCUT2D eigenvalue weighted by molar-refractivity contribution is 0.190. The van der Waals surface area contributed by atoms with Crippen LogP contribution in [0.2, 0.25) is 0 Å². The topological polar surface area (TPSA) is 43.0 Å². The van der Waals surface area contributed by atoms with E-state index in [0.717, 1.165) is 4.47 Å². The third-order valence-electron chi connectivity index (χ3n) is 2.13. The molecule has 1 rings (SSSR count). The van der Waals surface area contributed by atoms with Crippen LogP contribution in [-0.4, -0.2) is 25.9 Å². The van der Waals surface area contributed by atoms with Crippen molar-refractivity contribution in [3.05, 3.63) is 33.6 Å². The van der Waals surface area contributed by atoms with Gasteiger partial charge in [0.1, 0.15) is 11.5 Å². The lowest BCUT2D eigenvalue weighted by Gasteiger charge is -2.13. The zero-order chi connectivity index (χ0) is 12.1. The van der Waals surface area contributed by atoms with Gasteiger partial charge in [-0.05, 0) is 22.0 Å². The fourth-order valence-corrected chi connectivity index (χ4v) is 1.85. The van der Waals surface area contributed by atoms with Crippen molar-refractivity contribution in [2.75, 3.05) is 20.8 Å². The number of benzene rings is 1. The number of hydrogen-bond acceptors (Lipinski definition) is 3. The Hall–Kier alpha value is -1.25. The summed E-state index contributed by atoms with van der Waals surface area (Å²) in [6.45, 7) is 6.74. The van der Waals surface area contributed by atoms with Gasteiger partial charge < -0.3 is 19.4 Å². The first-order valence-corrected chi connectivity index (χ1v) is 5.36. The van der Waals surface area contributed by atoms with Crippen LogP contribution in [0.15, 0.2) is 16.6 Å². The molecule has 0 aromatic heterocycles. The number of aliphatic hydroxyl groups is 1. The van der Waals surface area contributed by atoms with Gasteiger partial charge in [-0.25, -0.2) is 6.57 Å². The molecule has 0 aliphatic rings. The Balaban J connectivity index is 3.18. The van der Waals surface area contributed by atoms with E-state index in [4.69, 9.17) is 16.0 Å². The third-order valence-corrected chi connectivity index (χ3v) is 2.75. The minimum absolute atomic E-state index is 0.00906. The maximum Gasteiger partial charge on any atom is 0.244 e. The summed E-state index contributed by atoms with van der Waals surface area (Å²) in [6.07, 6.45) is -0.852. The summed E-state index contributed by atoms with van der Waals surface area (Å²) in [5.41, 5.74) is 0.575. The second kappa shape index (κ2) is 5.73. The Kier molecular flexibility index (Phi) is 4.59. The summed E-state index contributed by atoms with van der Waals surface area (Å²) in [5, 5.41) is 9.77. The van der Waals surface area contributed by atoms with Crippen LogP contribution >= 0.6 is 15.9 Å². The molecule has 0 aliphatic carbocycles. The minimum atomic E-state index is -0.852. The van der Waals surface area contributed by atoms with Gasteiger partial charge in [-0.3, -0.25) is 0 Å². The molecule has 1 aromatic carbocycles. The van der Waals surface area contributed by atoms with Crippen molar-refractivity contribution < 1.29 is 14.6 Å². The van der Waals surface area contributed by atoms with Gasteiger partial charge in [-0.2, -0.15) is 0 Å². The van der Waals surface area contributed by atoms with Crippen molar-refractivity contribution in [2.45, 2.75) is 6.10 Å². The van der Waals surface area contributed by atoms with Crippen LogP contribution in [0.4, 0.5) is 0 Å². The Bertz CT molecular complexity index is 414. The van der Waals surface area contributed by atoms with Gasteiger partial charge in [0.2, 0.25) is 6.54 Å². The number of methoxy groups -OCH3 is 2. The highest BCUT2D eigenvalue weighted by molar-refractivity contribution is 9.10. The Labute approximate surface area is 103 Å². The van der Waals surface area contributed by atoms with Crippen molar-refractivity contribution >= 4 is 15.9 Å². The number of hydrogen-bond donors (Lipinski definition) is 1. The zero-order valence-electron chi connectivity index (χ0n) is 9.03. The highest BCUT2D eigenvalue weighted by Crippen LogP contribution is 2.35. The molecule has 0 aliphatic heterocycles. The summed E-state index contributed by atoms with van der Waals surface area (Å²) in [7, 11) is 3.06. The molecule has 16 heavy (non-hydrogen) atoms. The molecule has 86 valence electrons. The first-order valence-electron chi connectivity index (χ1n) is 4.56. The van der Waals surface area contributed by atoms with E-state index < -0.39 is 6.10 Å². The van der Waals surface area contributed by atoms with E-state index in [2.05, 4.69) is 20.8 Å². The van der Waals surface area contributed by atoms with E-state index >= 15 is 0 Å². The predicted molar refractivity (Wildman–Crippen MR) is 63.7 cm³/mol. The van der Waals surface area contributed by atoms with Gasteiger partial charge in [0.05, 0.1) is 18.7 Å². The summed E-state index contributed by atoms with van der Waals surface area (Å²) < 4.78 is 11.0. The molecule has 1 N–H and O–H groups in total. The van der Waals surface area contributed by atoms with Gasteiger partial charge in [0.15, 0.2) is 6.10 Å². The van der Waals surface area contributed by atoms with Gasteiger partial charge in [-0.1, -0.05) is 0 Å². The maximum absolute atomic E-state index is 9.77. The van der Waals surface area contributed by atoms with E-state index in [1.165, 1.54) is 7.11 Å². The highest BCUT2D eigenvalue weighted by Gasteiger charge is 2.18. The van der Waals surface area contributed by atoms with Crippen LogP contribution in [0.1, 0.15) is 11.7 Å². The van der Waals surface area contributed by atoms with Gasteiger partial charge in [0, 0.05) is 11.6 Å². The standard InChI is InChI=1S/C11H12BrNO3/c1-13-6-9(14)7-4-8(12)11(16-3)5-10(7)15-2/h4-5,9,14H,6H2,2-3H3. The summed E-state index contributed by atoms with van der Waals surface area (Å²) in [5.74, 6) is 1.13. The fourth-order valence-electron chi connectivity index (χ4n) is 1.33. The molecule has 0 saturated carbocycles. The van der Waals surface area contributed by atoms with E-state index in [0.29, 0.717) is 17.1 Å². The van der Waals surface area contributed by atoms with Gasteiger partial charge in [0.25, 0.3) is 0 Å². The molecule has 0 heterocycles. The molecule has 0 bridgehead atoms. The van der Waals surface area contributed by atoms with Crippen LogP contribution in [0, 0.1) is 6.57 Å². The van der Waals surface area contributed by atoms with Crippen LogP contribution in [0.5, 0.6) is 11.5 Å². The number of aliphatic hydroxyl groups excluding tert-OH is 1. The van der Waals surface area contributed by atoms with Crippen LogP contribution < -0.4 is 9.47 Å². The molecule has 1 atom stereocenters. The third kappa shape index (κ3) is 2.65. The summed E-state index contributed by atoms with van der Waals surface area (Å²) in [6, 6.07) is 3.38. The Morgan fingerprint density at radius 1 is 1.38 bits per heavy atom. The first kappa shape index (κ1) is 12.8. The minimum Gasteiger partial charge on any atom is -0.496 e. The van der Waals surface area contributed by atoms with Crippen molar-refractivity contribution in [1.29, 1.82) is 0 Å². The quantitative estimate of drug-likeness (QED) is 0.864. The molecule has 1 aromatic rings. The van der Waals surface area contributed by atoms with Crippen molar-refractivity contribution in [3.63, 3.8) is 0 Å². The smallest absolute Gasteiger partial charge is 0.244 e. The van der Waals surface area contributed by atoms with Crippen LogP contribution in [0.25, 0.3) is 4.85 Å². The van der Waals surface area contributed by atoms with Crippen molar-refractivity contribution in [2.24, 2.45) is 0 Å². The molecule has 0 spiro atoms. The van der Waals surface area contributed by atoms with Crippen molar-refractivity contribution in [1.82, 2.24) is 0 Å². The second-order valence-corrected chi connectivity index (χ2v) is 3.94. The number of ether oxygens (including phenoxy) is 2. The van der Waals surface area contributed by atoms with Crippen molar-refractivity contribution in [3.8, 4) is 11.5 Å². The van der Waals surface area contributed by atoms with E-state index in [-0.39, 0.29) is 6.54 Å². The maximum atomic E-state index is 9.77. The summed E-state index contributed by atoms with van der Waals surface area (Å²) in [4.78, 5) is 3.16. The lowest BCUT2D eigenvalue weighted by Crippen LogP contribution is -2.03. The number of halogens is 1. The molecule has 0 fully saturated rings. The SMILES string of the molecule is [C-]#[N+]CC(O)c1cc(Br)c(OC)cc1OC. The van der Waals surface area contributed by atoms with Gasteiger partial charge in [-0.15, -0.1) is 0 Å². The number of nitrogens with zero attached hydrogens (tertiary/aromatic N) is 1. The largest absolute Gasteiger partial charge is 0.496 e. The first-order chi connectivity index (χ1) is 7.63. The monoisotopic (exact) mass is 285 g/mol. The fraction of sp³-hybridized carbons (Fsp3) is 0.364. The Morgan fingerprint density at radius 3 is 2.50 bits per heavy atom. The second-order valence-electron chi connectivity index (χ2n) is 3.09. The lowest BCUT2D eigenvalue weighted by atomic mass is 10.1. The van der Waals surface area contributed by atoms with Crippen LogP contribution in [0.3, 0.4) is 0 Å². The molecular formula is C11H12BrNO3. The van der Waals surface area contributed by atoms with E-state index in [1.54, 1.807) is 19.2 Å². The molecule has 0 radical (unpaired) electrons.